The molecule has 23 heavy (non-hydrogen) atoms. The molecular formula is C16H15FN4O2. The van der Waals surface area contributed by atoms with E-state index >= 15 is 0 Å². The molecule has 118 valence electrons. The Morgan fingerprint density at radius 3 is 2.87 bits per heavy atom. The first-order valence-electron chi connectivity index (χ1n) is 7.60. The molecule has 1 aliphatic carbocycles. The lowest BCUT2D eigenvalue weighted by Gasteiger charge is -2.18. The van der Waals surface area contributed by atoms with Crippen LogP contribution in [0.25, 0.3) is 16.9 Å². The highest BCUT2D eigenvalue weighted by atomic mass is 19.1. The molecule has 0 radical (unpaired) electrons. The SMILES string of the molecule is CC(C)c1nn(-c2noc(C3CCC3=O)n2)c2c(F)cccc12. The van der Waals surface area contributed by atoms with Crippen LogP contribution < -0.4 is 0 Å². The fourth-order valence-corrected chi connectivity index (χ4v) is 2.84. The van der Waals surface area contributed by atoms with Crippen LogP contribution in [-0.2, 0) is 4.79 Å². The highest BCUT2D eigenvalue weighted by Gasteiger charge is 2.35. The van der Waals surface area contributed by atoms with Gasteiger partial charge in [-0.15, -0.1) is 0 Å². The first-order chi connectivity index (χ1) is 11.1. The number of Topliss-reactive ketones (excluding diaryl/α,β-unsaturated/α-hetero) is 1. The second-order valence-electron chi connectivity index (χ2n) is 6.08. The number of benzene rings is 1. The maximum Gasteiger partial charge on any atom is 0.291 e. The second-order valence-corrected chi connectivity index (χ2v) is 6.08. The van der Waals surface area contributed by atoms with Gasteiger partial charge < -0.3 is 4.52 Å². The molecule has 2 aromatic heterocycles. The van der Waals surface area contributed by atoms with Gasteiger partial charge in [0, 0.05) is 11.8 Å². The maximum atomic E-state index is 14.3. The summed E-state index contributed by atoms with van der Waals surface area (Å²) in [6.07, 6.45) is 1.26. The Kier molecular flexibility index (Phi) is 3.04. The zero-order valence-corrected chi connectivity index (χ0v) is 12.8. The molecule has 4 rings (SSSR count). The van der Waals surface area contributed by atoms with Gasteiger partial charge in [-0.2, -0.15) is 14.8 Å². The van der Waals surface area contributed by atoms with Gasteiger partial charge in [0.2, 0.25) is 5.89 Å². The molecule has 3 aromatic rings. The van der Waals surface area contributed by atoms with E-state index in [0.717, 1.165) is 11.1 Å². The third-order valence-electron chi connectivity index (χ3n) is 4.22. The third kappa shape index (κ3) is 2.07. The number of carbonyl (C=O) groups excluding carboxylic acids is 1. The van der Waals surface area contributed by atoms with Crippen molar-refractivity contribution in [1.29, 1.82) is 0 Å². The molecular weight excluding hydrogens is 299 g/mol. The number of ketones is 1. The number of nitrogens with zero attached hydrogens (tertiary/aromatic N) is 4. The van der Waals surface area contributed by atoms with Crippen molar-refractivity contribution in [2.45, 2.75) is 38.5 Å². The Balaban J connectivity index is 1.87. The molecule has 1 fully saturated rings. The average molecular weight is 314 g/mol. The first-order valence-corrected chi connectivity index (χ1v) is 7.60. The van der Waals surface area contributed by atoms with Crippen molar-refractivity contribution in [3.8, 4) is 5.95 Å². The van der Waals surface area contributed by atoms with Crippen molar-refractivity contribution in [2.24, 2.45) is 0 Å². The predicted molar refractivity (Wildman–Crippen MR) is 80.0 cm³/mol. The standard InChI is InChI=1S/C16H15FN4O2/c1-8(2)13-10-4-3-5-11(17)14(10)21(19-13)16-18-15(23-20-16)9-6-7-12(9)22/h3-5,8-9H,6-7H2,1-2H3. The van der Waals surface area contributed by atoms with Gasteiger partial charge >= 0.3 is 0 Å². The van der Waals surface area contributed by atoms with Crippen LogP contribution in [-0.4, -0.2) is 25.7 Å². The smallest absolute Gasteiger partial charge is 0.291 e. The van der Waals surface area contributed by atoms with Crippen molar-refractivity contribution in [2.75, 3.05) is 0 Å². The van der Waals surface area contributed by atoms with E-state index in [1.165, 1.54) is 10.7 Å². The lowest BCUT2D eigenvalue weighted by Crippen LogP contribution is -2.23. The van der Waals surface area contributed by atoms with Crippen LogP contribution in [0.15, 0.2) is 22.7 Å². The number of rotatable bonds is 3. The normalized spacial score (nSPS) is 17.9. The topological polar surface area (TPSA) is 73.8 Å². The van der Waals surface area contributed by atoms with Crippen molar-refractivity contribution >= 4 is 16.7 Å². The van der Waals surface area contributed by atoms with Crippen LogP contribution in [0.4, 0.5) is 4.39 Å². The Labute approximate surface area is 131 Å². The molecule has 1 aromatic carbocycles. The number of hydrogen-bond donors (Lipinski definition) is 0. The molecule has 0 N–H and O–H groups in total. The summed E-state index contributed by atoms with van der Waals surface area (Å²) in [5, 5.41) is 9.07. The lowest BCUT2D eigenvalue weighted by molar-refractivity contribution is -0.126. The van der Waals surface area contributed by atoms with Gasteiger partial charge in [0.25, 0.3) is 5.95 Å². The van der Waals surface area contributed by atoms with E-state index in [1.807, 2.05) is 19.9 Å². The molecule has 2 heterocycles. The Morgan fingerprint density at radius 1 is 1.39 bits per heavy atom. The number of para-hydroxylation sites is 1. The molecule has 1 atom stereocenters. The molecule has 6 nitrogen and oxygen atoms in total. The minimum Gasteiger partial charge on any atom is -0.337 e. The van der Waals surface area contributed by atoms with Crippen LogP contribution in [0.1, 0.15) is 50.1 Å². The molecule has 0 spiro atoms. The number of fused-ring (bicyclic) bond motifs is 1. The van der Waals surface area contributed by atoms with Gasteiger partial charge in [-0.3, -0.25) is 4.79 Å². The number of halogens is 1. The summed E-state index contributed by atoms with van der Waals surface area (Å²) in [5.41, 5.74) is 1.09. The van der Waals surface area contributed by atoms with Gasteiger partial charge in [0.1, 0.15) is 17.1 Å². The van der Waals surface area contributed by atoms with Crippen molar-refractivity contribution < 1.29 is 13.7 Å². The Hall–Kier alpha value is -2.57. The zero-order chi connectivity index (χ0) is 16.1. The molecule has 1 unspecified atom stereocenters. The molecule has 0 saturated heterocycles. The van der Waals surface area contributed by atoms with E-state index in [4.69, 9.17) is 4.52 Å². The largest absolute Gasteiger partial charge is 0.337 e. The maximum absolute atomic E-state index is 14.3. The second kappa shape index (κ2) is 4.97. The minimum atomic E-state index is -0.395. The van der Waals surface area contributed by atoms with Crippen LogP contribution in [0.3, 0.4) is 0 Å². The molecule has 0 amide bonds. The molecule has 0 aliphatic heterocycles. The van der Waals surface area contributed by atoms with Crippen LogP contribution in [0.5, 0.6) is 0 Å². The van der Waals surface area contributed by atoms with E-state index in [2.05, 4.69) is 15.2 Å². The fraction of sp³-hybridized carbons (Fsp3) is 0.375. The summed E-state index contributed by atoms with van der Waals surface area (Å²) >= 11 is 0. The minimum absolute atomic E-state index is 0.0968. The van der Waals surface area contributed by atoms with Gasteiger partial charge in [-0.05, 0) is 23.6 Å². The third-order valence-corrected chi connectivity index (χ3v) is 4.22. The Morgan fingerprint density at radius 2 is 2.22 bits per heavy atom. The summed E-state index contributed by atoms with van der Waals surface area (Å²) in [4.78, 5) is 15.8. The van der Waals surface area contributed by atoms with Gasteiger partial charge in [-0.1, -0.05) is 26.0 Å². The summed E-state index contributed by atoms with van der Waals surface area (Å²) in [7, 11) is 0. The van der Waals surface area contributed by atoms with Crippen LogP contribution in [0.2, 0.25) is 0 Å². The predicted octanol–water partition coefficient (Wildman–Crippen LogP) is 3.12. The fourth-order valence-electron chi connectivity index (χ4n) is 2.84. The molecule has 0 bridgehead atoms. The molecule has 1 aliphatic rings. The number of carbonyl (C=O) groups is 1. The summed E-state index contributed by atoms with van der Waals surface area (Å²) in [5.74, 6) is -0.0656. The van der Waals surface area contributed by atoms with E-state index < -0.39 is 5.82 Å². The van der Waals surface area contributed by atoms with Crippen molar-refractivity contribution in [3.63, 3.8) is 0 Å². The summed E-state index contributed by atoms with van der Waals surface area (Å²) < 4.78 is 20.9. The molecule has 1 saturated carbocycles. The van der Waals surface area contributed by atoms with E-state index in [9.17, 15) is 9.18 Å². The van der Waals surface area contributed by atoms with E-state index in [1.54, 1.807) is 6.07 Å². The van der Waals surface area contributed by atoms with E-state index in [0.29, 0.717) is 18.4 Å². The first kappa shape index (κ1) is 14.0. The van der Waals surface area contributed by atoms with E-state index in [-0.39, 0.29) is 29.5 Å². The van der Waals surface area contributed by atoms with Gasteiger partial charge in [0.15, 0.2) is 0 Å². The van der Waals surface area contributed by atoms with Crippen LogP contribution >= 0.6 is 0 Å². The monoisotopic (exact) mass is 314 g/mol. The summed E-state index contributed by atoms with van der Waals surface area (Å²) in [6, 6.07) is 4.86. The van der Waals surface area contributed by atoms with Crippen molar-refractivity contribution in [1.82, 2.24) is 19.9 Å². The summed E-state index contributed by atoms with van der Waals surface area (Å²) in [6.45, 7) is 3.98. The number of aromatic nitrogens is 4. The zero-order valence-electron chi connectivity index (χ0n) is 12.8. The lowest BCUT2D eigenvalue weighted by atomic mass is 9.84. The van der Waals surface area contributed by atoms with Gasteiger partial charge in [0.05, 0.1) is 11.6 Å². The average Bonchev–Trinajstić information content (AvgIpc) is 3.11. The molecule has 7 heteroatoms. The Bertz CT molecular complexity index is 912. The quantitative estimate of drug-likeness (QED) is 0.742. The highest BCUT2D eigenvalue weighted by molar-refractivity contribution is 5.90. The van der Waals surface area contributed by atoms with Crippen molar-refractivity contribution in [3.05, 3.63) is 35.6 Å². The van der Waals surface area contributed by atoms with Crippen LogP contribution in [0, 0.1) is 5.82 Å². The highest BCUT2D eigenvalue weighted by Crippen LogP contribution is 2.33. The van der Waals surface area contributed by atoms with Gasteiger partial charge in [-0.25, -0.2) is 4.39 Å². The number of hydrogen-bond acceptors (Lipinski definition) is 5.